The summed E-state index contributed by atoms with van der Waals surface area (Å²) in [6, 6.07) is 15.6. The number of rotatable bonds is 9. The van der Waals surface area contributed by atoms with Crippen LogP contribution in [0.1, 0.15) is 41.2 Å². The first-order valence-corrected chi connectivity index (χ1v) is 10.6. The smallest absolute Gasteiger partial charge is 0.321 e. The Morgan fingerprint density at radius 3 is 2.62 bits per heavy atom. The van der Waals surface area contributed by atoms with Crippen LogP contribution in [0.5, 0.6) is 0 Å². The van der Waals surface area contributed by atoms with Crippen LogP contribution in [0.25, 0.3) is 0 Å². The van der Waals surface area contributed by atoms with Gasteiger partial charge in [-0.05, 0) is 35.6 Å². The molecule has 0 spiro atoms. The number of carbonyl (C=O) groups excluding carboxylic acids is 2. The number of urea groups is 1. The second-order valence-corrected chi connectivity index (χ2v) is 7.71. The Balaban J connectivity index is 1.55. The molecule has 3 amide bonds. The molecule has 0 aliphatic rings. The van der Waals surface area contributed by atoms with Gasteiger partial charge in [-0.15, -0.1) is 11.3 Å². The number of amides is 3. The van der Waals surface area contributed by atoms with Gasteiger partial charge in [-0.2, -0.15) is 0 Å². The zero-order valence-corrected chi connectivity index (χ0v) is 17.2. The summed E-state index contributed by atoms with van der Waals surface area (Å²) in [6.45, 7) is 2.55. The Labute approximate surface area is 174 Å². The molecule has 2 aromatic heterocycles. The molecule has 7 heteroatoms. The molecular formula is C22H26N3O3S+. The topological polar surface area (TPSA) is 88.0 Å². The predicted molar refractivity (Wildman–Crippen MR) is 112 cm³/mol. The molecule has 3 aromatic rings. The minimum absolute atomic E-state index is 0.0163. The van der Waals surface area contributed by atoms with E-state index >= 15 is 0 Å². The quantitative estimate of drug-likeness (QED) is 0.505. The third-order valence-electron chi connectivity index (χ3n) is 4.52. The van der Waals surface area contributed by atoms with Crippen molar-refractivity contribution in [3.05, 3.63) is 81.9 Å². The van der Waals surface area contributed by atoms with Crippen LogP contribution in [-0.2, 0) is 17.8 Å². The highest BCUT2D eigenvalue weighted by Crippen LogP contribution is 2.23. The van der Waals surface area contributed by atoms with Gasteiger partial charge < -0.3 is 15.1 Å². The lowest BCUT2D eigenvalue weighted by atomic mass is 10.0. The molecule has 0 bridgehead atoms. The van der Waals surface area contributed by atoms with Crippen LogP contribution in [-0.4, -0.2) is 18.5 Å². The van der Waals surface area contributed by atoms with E-state index in [0.717, 1.165) is 18.4 Å². The maximum absolute atomic E-state index is 12.2. The minimum atomic E-state index is -0.531. The molecule has 0 saturated carbocycles. The van der Waals surface area contributed by atoms with Gasteiger partial charge in [0.25, 0.3) is 5.91 Å². The standard InChI is InChI=1S/C22H25N3O3S/c1-2-5-16-8-10-17(11-9-16)21(19-7-4-13-29-19)23-15-20(26)25-22(27)24-14-18-6-3-12-28-18/h3-4,6-13,21,23H,2,5,14-15H2,1H3,(H2,24,25,26,27)/p+1/t21-/m0/s1. The summed E-state index contributed by atoms with van der Waals surface area (Å²) >= 11 is 1.66. The molecule has 0 aliphatic carbocycles. The molecule has 3 rings (SSSR count). The molecule has 0 fully saturated rings. The van der Waals surface area contributed by atoms with Gasteiger partial charge in [0, 0.05) is 5.56 Å². The summed E-state index contributed by atoms with van der Waals surface area (Å²) in [5, 5.41) is 8.95. The molecule has 6 nitrogen and oxygen atoms in total. The lowest BCUT2D eigenvalue weighted by molar-refractivity contribution is -0.676. The lowest BCUT2D eigenvalue weighted by Crippen LogP contribution is -2.87. The Bertz CT molecular complexity index is 890. The number of nitrogens with two attached hydrogens (primary N) is 1. The normalized spacial score (nSPS) is 11.8. The molecular weight excluding hydrogens is 386 g/mol. The van der Waals surface area contributed by atoms with E-state index in [1.807, 2.05) is 16.8 Å². The molecule has 29 heavy (non-hydrogen) atoms. The van der Waals surface area contributed by atoms with Crippen LogP contribution < -0.4 is 16.0 Å². The molecule has 2 heterocycles. The summed E-state index contributed by atoms with van der Waals surface area (Å²) in [5.41, 5.74) is 2.45. The summed E-state index contributed by atoms with van der Waals surface area (Å²) in [5.74, 6) is 0.287. The molecule has 1 aromatic carbocycles. The van der Waals surface area contributed by atoms with Gasteiger partial charge in [0.1, 0.15) is 11.8 Å². The van der Waals surface area contributed by atoms with Crippen LogP contribution in [0.4, 0.5) is 4.79 Å². The van der Waals surface area contributed by atoms with Crippen LogP contribution in [0.15, 0.2) is 64.6 Å². The van der Waals surface area contributed by atoms with Gasteiger partial charge in [0.15, 0.2) is 6.54 Å². The van der Waals surface area contributed by atoms with Crippen LogP contribution in [0, 0.1) is 0 Å². The molecule has 0 saturated heterocycles. The Hall–Kier alpha value is -2.90. The molecule has 0 aliphatic heterocycles. The van der Waals surface area contributed by atoms with Gasteiger partial charge >= 0.3 is 6.03 Å². The number of hydrogen-bond acceptors (Lipinski definition) is 4. The van der Waals surface area contributed by atoms with E-state index in [1.54, 1.807) is 23.5 Å². The molecule has 152 valence electrons. The van der Waals surface area contributed by atoms with Crippen molar-refractivity contribution in [3.63, 3.8) is 0 Å². The van der Waals surface area contributed by atoms with Crippen molar-refractivity contribution in [3.8, 4) is 0 Å². The number of hydrogen-bond donors (Lipinski definition) is 3. The number of nitrogens with one attached hydrogen (secondary N) is 2. The predicted octanol–water partition coefficient (Wildman–Crippen LogP) is 2.97. The summed E-state index contributed by atoms with van der Waals surface area (Å²) < 4.78 is 5.15. The van der Waals surface area contributed by atoms with Crippen molar-refractivity contribution >= 4 is 23.3 Å². The average Bonchev–Trinajstić information content (AvgIpc) is 3.42. The SMILES string of the molecule is CCCc1ccc([C@H]([NH2+]CC(=O)NC(=O)NCc2ccco2)c2cccs2)cc1. The summed E-state index contributed by atoms with van der Waals surface area (Å²) in [7, 11) is 0. The maximum atomic E-state index is 12.2. The zero-order valence-electron chi connectivity index (χ0n) is 16.4. The number of benzene rings is 1. The van der Waals surface area contributed by atoms with E-state index in [9.17, 15) is 9.59 Å². The average molecular weight is 413 g/mol. The molecule has 1 atom stereocenters. The minimum Gasteiger partial charge on any atom is -0.467 e. The maximum Gasteiger partial charge on any atom is 0.321 e. The van der Waals surface area contributed by atoms with Crippen molar-refractivity contribution in [2.45, 2.75) is 32.4 Å². The lowest BCUT2D eigenvalue weighted by Gasteiger charge is -2.15. The first-order chi connectivity index (χ1) is 14.2. The fourth-order valence-corrected chi connectivity index (χ4v) is 3.94. The van der Waals surface area contributed by atoms with Crippen LogP contribution in [0.2, 0.25) is 0 Å². The third kappa shape index (κ3) is 6.30. The van der Waals surface area contributed by atoms with Crippen molar-refractivity contribution < 1.29 is 19.3 Å². The second-order valence-electron chi connectivity index (χ2n) is 6.73. The van der Waals surface area contributed by atoms with Crippen molar-refractivity contribution in [2.24, 2.45) is 0 Å². The number of quaternary nitrogens is 1. The van der Waals surface area contributed by atoms with E-state index in [2.05, 4.69) is 47.9 Å². The Kier molecular flexibility index (Phi) is 7.61. The number of imide groups is 1. The van der Waals surface area contributed by atoms with E-state index in [4.69, 9.17) is 4.42 Å². The van der Waals surface area contributed by atoms with Gasteiger partial charge in [0.05, 0.1) is 17.7 Å². The van der Waals surface area contributed by atoms with E-state index in [0.29, 0.717) is 5.76 Å². The fourth-order valence-electron chi connectivity index (χ4n) is 3.09. The summed E-state index contributed by atoms with van der Waals surface area (Å²) in [6.07, 6.45) is 3.71. The van der Waals surface area contributed by atoms with E-state index in [-0.39, 0.29) is 25.0 Å². The third-order valence-corrected chi connectivity index (χ3v) is 5.48. The highest BCUT2D eigenvalue weighted by Gasteiger charge is 2.20. The van der Waals surface area contributed by atoms with Crippen molar-refractivity contribution in [2.75, 3.05) is 6.54 Å². The molecule has 0 radical (unpaired) electrons. The van der Waals surface area contributed by atoms with E-state index in [1.165, 1.54) is 16.7 Å². The highest BCUT2D eigenvalue weighted by molar-refractivity contribution is 7.10. The van der Waals surface area contributed by atoms with Gasteiger partial charge in [-0.25, -0.2) is 4.79 Å². The molecule has 0 unspecified atom stereocenters. The number of aryl methyl sites for hydroxylation is 1. The zero-order chi connectivity index (χ0) is 20.5. The largest absolute Gasteiger partial charge is 0.467 e. The van der Waals surface area contributed by atoms with Crippen molar-refractivity contribution in [1.82, 2.24) is 10.6 Å². The highest BCUT2D eigenvalue weighted by atomic mass is 32.1. The molecule has 4 N–H and O–H groups in total. The number of carbonyl (C=O) groups is 2. The van der Waals surface area contributed by atoms with Crippen molar-refractivity contribution in [1.29, 1.82) is 0 Å². The summed E-state index contributed by atoms with van der Waals surface area (Å²) in [4.78, 5) is 25.3. The van der Waals surface area contributed by atoms with Gasteiger partial charge in [-0.3, -0.25) is 10.1 Å². The number of furan rings is 1. The van der Waals surface area contributed by atoms with Gasteiger partial charge in [0.2, 0.25) is 0 Å². The number of thiophene rings is 1. The monoisotopic (exact) mass is 412 g/mol. The van der Waals surface area contributed by atoms with Crippen LogP contribution >= 0.6 is 11.3 Å². The second kappa shape index (κ2) is 10.6. The fraction of sp³-hybridized carbons (Fsp3) is 0.273. The Morgan fingerprint density at radius 2 is 1.97 bits per heavy atom. The van der Waals surface area contributed by atoms with Gasteiger partial charge in [-0.1, -0.05) is 43.7 Å². The van der Waals surface area contributed by atoms with E-state index < -0.39 is 6.03 Å². The Morgan fingerprint density at radius 1 is 1.14 bits per heavy atom. The first kappa shape index (κ1) is 20.8. The van der Waals surface area contributed by atoms with Crippen LogP contribution in [0.3, 0.4) is 0 Å². The first-order valence-electron chi connectivity index (χ1n) is 9.71.